The van der Waals surface area contributed by atoms with Gasteiger partial charge in [-0.2, -0.15) is 17.0 Å². The third-order valence-corrected chi connectivity index (χ3v) is 6.42. The van der Waals surface area contributed by atoms with E-state index in [2.05, 4.69) is 15.1 Å². The van der Waals surface area contributed by atoms with Crippen LogP contribution in [0, 0.1) is 0 Å². The molecule has 0 aromatic carbocycles. The molecule has 130 valence electrons. The lowest BCUT2D eigenvalue weighted by atomic mass is 10.2. The first-order valence-corrected chi connectivity index (χ1v) is 9.66. The Kier molecular flexibility index (Phi) is 5.00. The SMILES string of the molecule is CC(C)c1nnc(CN2CCN(S(=O)(=O)N3CCCC3)CC2)o1. The molecular formula is C14H25N5O3S. The Balaban J connectivity index is 1.53. The highest BCUT2D eigenvalue weighted by Gasteiger charge is 2.33. The Bertz CT molecular complexity index is 616. The van der Waals surface area contributed by atoms with Crippen molar-refractivity contribution in [3.05, 3.63) is 11.8 Å². The van der Waals surface area contributed by atoms with Crippen LogP contribution in [0.25, 0.3) is 0 Å². The number of rotatable bonds is 5. The average molecular weight is 343 g/mol. The Hall–Kier alpha value is -1.03. The molecule has 9 heteroatoms. The molecule has 0 amide bonds. The molecule has 23 heavy (non-hydrogen) atoms. The van der Waals surface area contributed by atoms with Gasteiger partial charge in [0.05, 0.1) is 6.54 Å². The van der Waals surface area contributed by atoms with E-state index < -0.39 is 10.2 Å². The van der Waals surface area contributed by atoms with E-state index in [4.69, 9.17) is 4.42 Å². The summed E-state index contributed by atoms with van der Waals surface area (Å²) in [6, 6.07) is 0. The van der Waals surface area contributed by atoms with Crippen molar-refractivity contribution in [1.29, 1.82) is 0 Å². The largest absolute Gasteiger partial charge is 0.424 e. The van der Waals surface area contributed by atoms with Crippen molar-refractivity contribution in [2.75, 3.05) is 39.3 Å². The van der Waals surface area contributed by atoms with Gasteiger partial charge in [0.25, 0.3) is 10.2 Å². The summed E-state index contributed by atoms with van der Waals surface area (Å²) in [5.74, 6) is 1.47. The predicted molar refractivity (Wildman–Crippen MR) is 85.0 cm³/mol. The van der Waals surface area contributed by atoms with Crippen LogP contribution in [0.5, 0.6) is 0 Å². The Morgan fingerprint density at radius 2 is 1.61 bits per heavy atom. The van der Waals surface area contributed by atoms with E-state index in [9.17, 15) is 8.42 Å². The standard InChI is InChI=1S/C14H25N5O3S/c1-12(2)14-16-15-13(22-14)11-17-7-9-19(10-8-17)23(20,21)18-5-3-4-6-18/h12H,3-11H2,1-2H3. The second-order valence-corrected chi connectivity index (χ2v) is 8.41. The van der Waals surface area contributed by atoms with E-state index in [0.717, 1.165) is 12.8 Å². The minimum atomic E-state index is -3.28. The van der Waals surface area contributed by atoms with E-state index in [1.54, 1.807) is 8.61 Å². The van der Waals surface area contributed by atoms with Gasteiger partial charge in [-0.05, 0) is 12.8 Å². The van der Waals surface area contributed by atoms with Crippen molar-refractivity contribution in [3.8, 4) is 0 Å². The fourth-order valence-corrected chi connectivity index (χ4v) is 4.63. The first kappa shape index (κ1) is 16.8. The highest BCUT2D eigenvalue weighted by Crippen LogP contribution is 2.19. The van der Waals surface area contributed by atoms with Gasteiger partial charge in [0, 0.05) is 45.2 Å². The van der Waals surface area contributed by atoms with Gasteiger partial charge < -0.3 is 4.42 Å². The number of hydrogen-bond acceptors (Lipinski definition) is 6. The monoisotopic (exact) mass is 343 g/mol. The van der Waals surface area contributed by atoms with Gasteiger partial charge in [-0.15, -0.1) is 10.2 Å². The van der Waals surface area contributed by atoms with Crippen molar-refractivity contribution in [2.24, 2.45) is 0 Å². The van der Waals surface area contributed by atoms with Gasteiger partial charge in [-0.3, -0.25) is 4.90 Å². The lowest BCUT2D eigenvalue weighted by molar-refractivity contribution is 0.162. The first-order valence-electron chi connectivity index (χ1n) is 8.26. The summed E-state index contributed by atoms with van der Waals surface area (Å²) in [4.78, 5) is 2.16. The molecule has 0 aliphatic carbocycles. The van der Waals surface area contributed by atoms with Crippen molar-refractivity contribution < 1.29 is 12.8 Å². The maximum absolute atomic E-state index is 12.5. The summed E-state index contributed by atoms with van der Waals surface area (Å²) >= 11 is 0. The van der Waals surface area contributed by atoms with Crippen LogP contribution in [0.15, 0.2) is 4.42 Å². The van der Waals surface area contributed by atoms with Crippen molar-refractivity contribution in [3.63, 3.8) is 0 Å². The molecule has 1 aromatic rings. The molecule has 3 heterocycles. The molecule has 2 fully saturated rings. The van der Waals surface area contributed by atoms with Gasteiger partial charge in [-0.25, -0.2) is 0 Å². The fourth-order valence-electron chi connectivity index (χ4n) is 2.96. The minimum absolute atomic E-state index is 0.221. The minimum Gasteiger partial charge on any atom is -0.424 e. The number of hydrogen-bond donors (Lipinski definition) is 0. The summed E-state index contributed by atoms with van der Waals surface area (Å²) in [7, 11) is -3.28. The maximum atomic E-state index is 12.5. The molecule has 2 saturated heterocycles. The van der Waals surface area contributed by atoms with Gasteiger partial charge in [0.1, 0.15) is 0 Å². The highest BCUT2D eigenvalue weighted by atomic mass is 32.2. The van der Waals surface area contributed by atoms with Crippen LogP contribution in [0.1, 0.15) is 44.4 Å². The van der Waals surface area contributed by atoms with Crippen LogP contribution in [0.3, 0.4) is 0 Å². The second kappa shape index (κ2) is 6.84. The fraction of sp³-hybridized carbons (Fsp3) is 0.857. The molecule has 0 atom stereocenters. The Morgan fingerprint density at radius 3 is 2.17 bits per heavy atom. The summed E-state index contributed by atoms with van der Waals surface area (Å²) in [6.45, 7) is 8.33. The number of piperazine rings is 1. The van der Waals surface area contributed by atoms with Crippen LogP contribution in [0.2, 0.25) is 0 Å². The zero-order chi connectivity index (χ0) is 16.4. The van der Waals surface area contributed by atoms with Gasteiger partial charge in [0.15, 0.2) is 0 Å². The van der Waals surface area contributed by atoms with E-state index in [-0.39, 0.29) is 5.92 Å². The molecule has 2 aliphatic heterocycles. The first-order chi connectivity index (χ1) is 11.0. The summed E-state index contributed by atoms with van der Waals surface area (Å²) in [5, 5.41) is 8.10. The molecular weight excluding hydrogens is 318 g/mol. The maximum Gasteiger partial charge on any atom is 0.282 e. The van der Waals surface area contributed by atoms with E-state index in [1.807, 2.05) is 13.8 Å². The summed E-state index contributed by atoms with van der Waals surface area (Å²) in [6.07, 6.45) is 1.93. The molecule has 0 unspecified atom stereocenters. The third kappa shape index (κ3) is 3.73. The number of nitrogens with zero attached hydrogens (tertiary/aromatic N) is 5. The lowest BCUT2D eigenvalue weighted by Gasteiger charge is -2.35. The smallest absolute Gasteiger partial charge is 0.282 e. The van der Waals surface area contributed by atoms with E-state index in [1.165, 1.54) is 0 Å². The van der Waals surface area contributed by atoms with E-state index in [0.29, 0.717) is 57.6 Å². The molecule has 0 saturated carbocycles. The van der Waals surface area contributed by atoms with Gasteiger partial charge >= 0.3 is 0 Å². The van der Waals surface area contributed by atoms with Crippen LogP contribution < -0.4 is 0 Å². The average Bonchev–Trinajstić information content (AvgIpc) is 3.19. The Morgan fingerprint density at radius 1 is 1.00 bits per heavy atom. The molecule has 2 aliphatic rings. The van der Waals surface area contributed by atoms with Crippen LogP contribution in [-0.4, -0.2) is 71.4 Å². The Labute approximate surface area is 137 Å². The van der Waals surface area contributed by atoms with E-state index >= 15 is 0 Å². The topological polar surface area (TPSA) is 82.8 Å². The molecule has 1 aromatic heterocycles. The molecule has 3 rings (SSSR count). The summed E-state index contributed by atoms with van der Waals surface area (Å²) in [5.41, 5.74) is 0. The van der Waals surface area contributed by atoms with Crippen LogP contribution >= 0.6 is 0 Å². The molecule has 0 N–H and O–H groups in total. The molecule has 0 spiro atoms. The zero-order valence-corrected chi connectivity index (χ0v) is 14.6. The summed E-state index contributed by atoms with van der Waals surface area (Å²) < 4.78 is 33.9. The van der Waals surface area contributed by atoms with Crippen molar-refractivity contribution in [2.45, 2.75) is 39.2 Å². The van der Waals surface area contributed by atoms with Gasteiger partial charge in [0.2, 0.25) is 11.8 Å². The van der Waals surface area contributed by atoms with Gasteiger partial charge in [-0.1, -0.05) is 13.8 Å². The third-order valence-electron chi connectivity index (χ3n) is 4.38. The lowest BCUT2D eigenvalue weighted by Crippen LogP contribution is -2.52. The second-order valence-electron chi connectivity index (χ2n) is 6.48. The molecule has 0 radical (unpaired) electrons. The quantitative estimate of drug-likeness (QED) is 0.781. The number of aromatic nitrogens is 2. The molecule has 8 nitrogen and oxygen atoms in total. The predicted octanol–water partition coefficient (Wildman–Crippen LogP) is 0.651. The highest BCUT2D eigenvalue weighted by molar-refractivity contribution is 7.86. The van der Waals surface area contributed by atoms with Crippen LogP contribution in [0.4, 0.5) is 0 Å². The molecule has 0 bridgehead atoms. The zero-order valence-electron chi connectivity index (χ0n) is 13.8. The van der Waals surface area contributed by atoms with Crippen molar-refractivity contribution >= 4 is 10.2 Å². The van der Waals surface area contributed by atoms with Crippen molar-refractivity contribution in [1.82, 2.24) is 23.7 Å². The van der Waals surface area contributed by atoms with Crippen LogP contribution in [-0.2, 0) is 16.8 Å². The normalized spacial score (nSPS) is 22.2.